The Morgan fingerprint density at radius 3 is 2.77 bits per heavy atom. The molecule has 114 valence electrons. The number of aryl methyl sites for hydroxylation is 1. The Morgan fingerprint density at radius 1 is 1.14 bits per heavy atom. The Balaban J connectivity index is 1.70. The molecule has 3 rings (SSSR count). The molecule has 2 aromatic carbocycles. The van der Waals surface area contributed by atoms with E-state index >= 15 is 0 Å². The summed E-state index contributed by atoms with van der Waals surface area (Å²) in [6.45, 7) is 0. The summed E-state index contributed by atoms with van der Waals surface area (Å²) in [6.07, 6.45) is 3.44. The van der Waals surface area contributed by atoms with E-state index in [1.165, 1.54) is 17.5 Å². The van der Waals surface area contributed by atoms with Crippen molar-refractivity contribution in [2.45, 2.75) is 25.3 Å². The molecule has 0 radical (unpaired) electrons. The number of methoxy groups -OCH3 is 1. The SMILES string of the molecule is COc1ccccc1NC(=S)NC1CCCc2ccccc21. The van der Waals surface area contributed by atoms with Gasteiger partial charge in [0.2, 0.25) is 0 Å². The van der Waals surface area contributed by atoms with Crippen LogP contribution in [0.5, 0.6) is 5.75 Å². The smallest absolute Gasteiger partial charge is 0.171 e. The van der Waals surface area contributed by atoms with Gasteiger partial charge in [-0.25, -0.2) is 0 Å². The van der Waals surface area contributed by atoms with Gasteiger partial charge in [-0.3, -0.25) is 0 Å². The molecule has 1 aliphatic rings. The molecule has 0 aromatic heterocycles. The van der Waals surface area contributed by atoms with Crippen LogP contribution in [0, 0.1) is 0 Å². The lowest BCUT2D eigenvalue weighted by atomic mass is 9.88. The minimum atomic E-state index is 0.277. The van der Waals surface area contributed by atoms with E-state index < -0.39 is 0 Å². The van der Waals surface area contributed by atoms with Gasteiger partial charge in [-0.15, -0.1) is 0 Å². The summed E-state index contributed by atoms with van der Waals surface area (Å²) in [5, 5.41) is 7.31. The van der Waals surface area contributed by atoms with Crippen molar-refractivity contribution in [1.82, 2.24) is 5.32 Å². The number of fused-ring (bicyclic) bond motifs is 1. The van der Waals surface area contributed by atoms with Crippen molar-refractivity contribution in [1.29, 1.82) is 0 Å². The van der Waals surface area contributed by atoms with E-state index in [1.54, 1.807) is 7.11 Å². The van der Waals surface area contributed by atoms with Crippen LogP contribution in [-0.2, 0) is 6.42 Å². The maximum atomic E-state index is 5.48. The highest BCUT2D eigenvalue weighted by Gasteiger charge is 2.20. The number of nitrogens with one attached hydrogen (secondary N) is 2. The van der Waals surface area contributed by atoms with Gasteiger partial charge < -0.3 is 15.4 Å². The Hall–Kier alpha value is -2.07. The maximum absolute atomic E-state index is 5.48. The molecule has 0 aliphatic heterocycles. The highest BCUT2D eigenvalue weighted by Crippen LogP contribution is 2.30. The van der Waals surface area contributed by atoms with E-state index in [0.717, 1.165) is 24.3 Å². The molecule has 0 heterocycles. The number of benzene rings is 2. The fraction of sp³-hybridized carbons (Fsp3) is 0.278. The Bertz CT molecular complexity index is 672. The standard InChI is InChI=1S/C18H20N2OS/c1-21-17-12-5-4-10-16(17)20-18(22)19-15-11-6-8-13-7-2-3-9-14(13)15/h2-5,7,9-10,12,15H,6,8,11H2,1H3,(H2,19,20,22). The van der Waals surface area contributed by atoms with E-state index in [9.17, 15) is 0 Å². The monoisotopic (exact) mass is 312 g/mol. The zero-order chi connectivity index (χ0) is 15.4. The molecule has 2 aromatic rings. The number of rotatable bonds is 3. The second-order valence-corrected chi connectivity index (χ2v) is 5.85. The Morgan fingerprint density at radius 2 is 1.91 bits per heavy atom. The third-order valence-corrected chi connectivity index (χ3v) is 4.25. The van der Waals surface area contributed by atoms with E-state index in [1.807, 2.05) is 24.3 Å². The predicted molar refractivity (Wildman–Crippen MR) is 94.5 cm³/mol. The van der Waals surface area contributed by atoms with Crippen LogP contribution in [0.15, 0.2) is 48.5 Å². The minimum Gasteiger partial charge on any atom is -0.495 e. The molecule has 1 aliphatic carbocycles. The van der Waals surface area contributed by atoms with Crippen LogP contribution in [0.3, 0.4) is 0 Å². The van der Waals surface area contributed by atoms with Crippen LogP contribution in [0.1, 0.15) is 30.0 Å². The van der Waals surface area contributed by atoms with Crippen molar-refractivity contribution in [2.75, 3.05) is 12.4 Å². The summed E-state index contributed by atoms with van der Waals surface area (Å²) in [5.41, 5.74) is 3.66. The molecule has 0 saturated carbocycles. The average molecular weight is 312 g/mol. The van der Waals surface area contributed by atoms with Gasteiger partial charge in [0.1, 0.15) is 5.75 Å². The first kappa shape index (κ1) is 14.9. The lowest BCUT2D eigenvalue weighted by molar-refractivity contribution is 0.417. The highest BCUT2D eigenvalue weighted by atomic mass is 32.1. The van der Waals surface area contributed by atoms with Gasteiger partial charge in [0, 0.05) is 0 Å². The second-order valence-electron chi connectivity index (χ2n) is 5.44. The van der Waals surface area contributed by atoms with Gasteiger partial charge >= 0.3 is 0 Å². The number of hydrogen-bond donors (Lipinski definition) is 2. The summed E-state index contributed by atoms with van der Waals surface area (Å²) in [4.78, 5) is 0. The molecule has 0 amide bonds. The molecule has 0 spiro atoms. The summed E-state index contributed by atoms with van der Waals surface area (Å²) < 4.78 is 5.34. The summed E-state index contributed by atoms with van der Waals surface area (Å²) >= 11 is 5.48. The van der Waals surface area contributed by atoms with Crippen LogP contribution < -0.4 is 15.4 Å². The van der Waals surface area contributed by atoms with E-state index in [-0.39, 0.29) is 6.04 Å². The first-order valence-electron chi connectivity index (χ1n) is 7.56. The summed E-state index contributed by atoms with van der Waals surface area (Å²) in [5.74, 6) is 0.788. The maximum Gasteiger partial charge on any atom is 0.171 e. The zero-order valence-corrected chi connectivity index (χ0v) is 13.5. The fourth-order valence-electron chi connectivity index (χ4n) is 2.97. The Labute approximate surface area is 136 Å². The summed E-state index contributed by atoms with van der Waals surface area (Å²) in [6, 6.07) is 16.7. The quantitative estimate of drug-likeness (QED) is 0.838. The normalized spacial score (nSPS) is 16.5. The van der Waals surface area contributed by atoms with E-state index in [4.69, 9.17) is 17.0 Å². The molecule has 0 fully saturated rings. The van der Waals surface area contributed by atoms with Gasteiger partial charge in [-0.2, -0.15) is 0 Å². The first-order valence-corrected chi connectivity index (χ1v) is 7.97. The van der Waals surface area contributed by atoms with Crippen molar-refractivity contribution in [3.8, 4) is 5.75 Å². The number of hydrogen-bond acceptors (Lipinski definition) is 2. The Kier molecular flexibility index (Phi) is 4.59. The zero-order valence-electron chi connectivity index (χ0n) is 12.6. The van der Waals surface area contributed by atoms with E-state index in [0.29, 0.717) is 5.11 Å². The molecule has 1 unspecified atom stereocenters. The topological polar surface area (TPSA) is 33.3 Å². The fourth-order valence-corrected chi connectivity index (χ4v) is 3.22. The van der Waals surface area contributed by atoms with Crippen molar-refractivity contribution in [3.63, 3.8) is 0 Å². The van der Waals surface area contributed by atoms with Gasteiger partial charge in [-0.1, -0.05) is 36.4 Å². The average Bonchev–Trinajstić information content (AvgIpc) is 2.55. The number of para-hydroxylation sites is 2. The van der Waals surface area contributed by atoms with Crippen LogP contribution in [-0.4, -0.2) is 12.2 Å². The molecule has 0 bridgehead atoms. The third-order valence-electron chi connectivity index (χ3n) is 4.03. The van der Waals surface area contributed by atoms with E-state index in [2.05, 4.69) is 34.9 Å². The van der Waals surface area contributed by atoms with Crippen molar-refractivity contribution < 1.29 is 4.74 Å². The third kappa shape index (κ3) is 3.22. The number of anilines is 1. The van der Waals surface area contributed by atoms with Crippen molar-refractivity contribution in [2.24, 2.45) is 0 Å². The molecule has 4 heteroatoms. The van der Waals surface area contributed by atoms with Crippen molar-refractivity contribution in [3.05, 3.63) is 59.7 Å². The van der Waals surface area contributed by atoms with Crippen LogP contribution in [0.2, 0.25) is 0 Å². The lowest BCUT2D eigenvalue weighted by Crippen LogP contribution is -2.34. The molecular formula is C18H20N2OS. The predicted octanol–water partition coefficient (Wildman–Crippen LogP) is 4.06. The first-order chi connectivity index (χ1) is 10.8. The van der Waals surface area contributed by atoms with Crippen LogP contribution in [0.25, 0.3) is 0 Å². The highest BCUT2D eigenvalue weighted by molar-refractivity contribution is 7.80. The molecule has 1 atom stereocenters. The van der Waals surface area contributed by atoms with Crippen molar-refractivity contribution >= 4 is 23.0 Å². The lowest BCUT2D eigenvalue weighted by Gasteiger charge is -2.27. The molecule has 2 N–H and O–H groups in total. The second kappa shape index (κ2) is 6.79. The summed E-state index contributed by atoms with van der Waals surface area (Å²) in [7, 11) is 1.66. The van der Waals surface area contributed by atoms with Gasteiger partial charge in [0.15, 0.2) is 5.11 Å². The molecular weight excluding hydrogens is 292 g/mol. The van der Waals surface area contributed by atoms with Gasteiger partial charge in [0.05, 0.1) is 18.8 Å². The molecule has 0 saturated heterocycles. The number of ether oxygens (including phenoxy) is 1. The molecule has 3 nitrogen and oxygen atoms in total. The largest absolute Gasteiger partial charge is 0.495 e. The van der Waals surface area contributed by atoms with Crippen LogP contribution in [0.4, 0.5) is 5.69 Å². The van der Waals surface area contributed by atoms with Gasteiger partial charge in [0.25, 0.3) is 0 Å². The minimum absolute atomic E-state index is 0.277. The van der Waals surface area contributed by atoms with Gasteiger partial charge in [-0.05, 0) is 54.7 Å². The number of thiocarbonyl (C=S) groups is 1. The molecule has 22 heavy (non-hydrogen) atoms. The van der Waals surface area contributed by atoms with Crippen LogP contribution >= 0.6 is 12.2 Å².